The van der Waals surface area contributed by atoms with E-state index in [2.05, 4.69) is 12.1 Å². The highest BCUT2D eigenvalue weighted by Crippen LogP contribution is 2.38. The molecule has 0 saturated heterocycles. The Bertz CT molecular complexity index is 560. The van der Waals surface area contributed by atoms with E-state index in [1.807, 2.05) is 24.3 Å². The third-order valence-corrected chi connectivity index (χ3v) is 2.83. The topological polar surface area (TPSA) is 49.9 Å². The highest BCUT2D eigenvalue weighted by atomic mass is 14.6. The van der Waals surface area contributed by atoms with Crippen LogP contribution in [0, 0.1) is 5.41 Å². The van der Waals surface area contributed by atoms with Gasteiger partial charge in [0.25, 0.3) is 0 Å². The largest absolute Gasteiger partial charge is 0.397 e. The summed E-state index contributed by atoms with van der Waals surface area (Å²) >= 11 is 0. The fourth-order valence-electron chi connectivity index (χ4n) is 2.04. The Kier molecular flexibility index (Phi) is 1.48. The van der Waals surface area contributed by atoms with Gasteiger partial charge in [-0.25, -0.2) is 0 Å². The number of hydrogen-bond donors (Lipinski definition) is 2. The molecular weight excluding hydrogens is 184 g/mol. The van der Waals surface area contributed by atoms with Crippen LogP contribution in [0.1, 0.15) is 11.1 Å². The fraction of sp³-hybridized carbons (Fsp3) is 0. The van der Waals surface area contributed by atoms with Crippen molar-refractivity contribution >= 4 is 17.4 Å². The Balaban J connectivity index is 2.26. The molecule has 0 radical (unpaired) electrons. The van der Waals surface area contributed by atoms with Crippen molar-refractivity contribution in [2.75, 3.05) is 0 Å². The molecule has 0 heterocycles. The van der Waals surface area contributed by atoms with Gasteiger partial charge in [0.2, 0.25) is 0 Å². The lowest BCUT2D eigenvalue weighted by atomic mass is 9.94. The number of hydrogen-bond acceptors (Lipinski definition) is 2. The molecular formula is C13H10N2. The quantitative estimate of drug-likeness (QED) is 0.654. The molecule has 1 aromatic carbocycles. The molecule has 3 N–H and O–H groups in total. The highest BCUT2D eigenvalue weighted by Gasteiger charge is 2.24. The van der Waals surface area contributed by atoms with Gasteiger partial charge in [-0.15, -0.1) is 0 Å². The molecule has 0 unspecified atom stereocenters. The first kappa shape index (κ1) is 8.24. The summed E-state index contributed by atoms with van der Waals surface area (Å²) in [6, 6.07) is 8.16. The number of rotatable bonds is 0. The molecule has 2 heteroatoms. The van der Waals surface area contributed by atoms with Crippen molar-refractivity contribution in [2.45, 2.75) is 0 Å². The standard InChI is InChI=1S/C13H10N2/c14-12-6-5-10-9-4-2-1-3-8(9)7-11(10)13(12)15/h1-7,15H,14H2. The van der Waals surface area contributed by atoms with Crippen molar-refractivity contribution in [1.82, 2.24) is 0 Å². The zero-order valence-electron chi connectivity index (χ0n) is 8.12. The van der Waals surface area contributed by atoms with E-state index in [4.69, 9.17) is 11.1 Å². The number of allylic oxidation sites excluding steroid dienone is 4. The Morgan fingerprint density at radius 1 is 1.00 bits per heavy atom. The number of nitrogens with two attached hydrogens (primary N) is 1. The second kappa shape index (κ2) is 2.70. The lowest BCUT2D eigenvalue weighted by Crippen LogP contribution is -2.15. The number of benzene rings is 1. The van der Waals surface area contributed by atoms with E-state index in [-0.39, 0.29) is 0 Å². The Morgan fingerprint density at radius 3 is 2.67 bits per heavy atom. The molecule has 0 aromatic heterocycles. The second-order valence-corrected chi connectivity index (χ2v) is 3.72. The predicted molar refractivity (Wildman–Crippen MR) is 62.4 cm³/mol. The van der Waals surface area contributed by atoms with Crippen molar-refractivity contribution in [1.29, 1.82) is 5.41 Å². The van der Waals surface area contributed by atoms with Crippen LogP contribution in [0.15, 0.2) is 47.7 Å². The summed E-state index contributed by atoms with van der Waals surface area (Å²) in [6.45, 7) is 0. The maximum Gasteiger partial charge on any atom is 0.0847 e. The molecule has 0 bridgehead atoms. The molecule has 2 nitrogen and oxygen atoms in total. The van der Waals surface area contributed by atoms with E-state index in [0.717, 1.165) is 11.1 Å². The van der Waals surface area contributed by atoms with Gasteiger partial charge in [0.05, 0.1) is 11.4 Å². The smallest absolute Gasteiger partial charge is 0.0847 e. The summed E-state index contributed by atoms with van der Waals surface area (Å²) < 4.78 is 0. The van der Waals surface area contributed by atoms with E-state index < -0.39 is 0 Å². The molecule has 0 aliphatic heterocycles. The maximum absolute atomic E-state index is 7.90. The summed E-state index contributed by atoms with van der Waals surface area (Å²) in [5.41, 5.74) is 11.1. The van der Waals surface area contributed by atoms with E-state index >= 15 is 0 Å². The van der Waals surface area contributed by atoms with Gasteiger partial charge < -0.3 is 5.73 Å². The van der Waals surface area contributed by atoms with Crippen LogP contribution in [0.5, 0.6) is 0 Å². The van der Waals surface area contributed by atoms with Crippen LogP contribution in [0.3, 0.4) is 0 Å². The van der Waals surface area contributed by atoms with Crippen LogP contribution in [0.2, 0.25) is 0 Å². The Morgan fingerprint density at radius 2 is 1.80 bits per heavy atom. The van der Waals surface area contributed by atoms with E-state index in [1.165, 1.54) is 11.1 Å². The lowest BCUT2D eigenvalue weighted by Gasteiger charge is -2.12. The van der Waals surface area contributed by atoms with Crippen molar-refractivity contribution in [3.8, 4) is 0 Å². The highest BCUT2D eigenvalue weighted by molar-refractivity contribution is 6.26. The monoisotopic (exact) mass is 194 g/mol. The maximum atomic E-state index is 7.90. The predicted octanol–water partition coefficient (Wildman–Crippen LogP) is 2.34. The van der Waals surface area contributed by atoms with Gasteiger partial charge in [0.1, 0.15) is 0 Å². The second-order valence-electron chi connectivity index (χ2n) is 3.72. The van der Waals surface area contributed by atoms with Crippen LogP contribution in [0.4, 0.5) is 0 Å². The molecule has 2 aliphatic carbocycles. The van der Waals surface area contributed by atoms with E-state index in [0.29, 0.717) is 11.4 Å². The average molecular weight is 194 g/mol. The van der Waals surface area contributed by atoms with E-state index in [1.54, 1.807) is 6.08 Å². The molecule has 3 rings (SSSR count). The van der Waals surface area contributed by atoms with Gasteiger partial charge in [-0.05, 0) is 28.9 Å². The molecule has 0 fully saturated rings. The van der Waals surface area contributed by atoms with Gasteiger partial charge in [-0.2, -0.15) is 0 Å². The van der Waals surface area contributed by atoms with Crippen molar-refractivity contribution < 1.29 is 0 Å². The first-order valence-electron chi connectivity index (χ1n) is 4.85. The Labute approximate surface area is 87.9 Å². The Hall–Kier alpha value is -2.09. The lowest BCUT2D eigenvalue weighted by molar-refractivity contribution is 1.38. The molecule has 2 aliphatic rings. The number of fused-ring (bicyclic) bond motifs is 3. The minimum Gasteiger partial charge on any atom is -0.397 e. The van der Waals surface area contributed by atoms with Gasteiger partial charge in [-0.3, -0.25) is 5.41 Å². The molecule has 0 spiro atoms. The normalized spacial score (nSPS) is 17.6. The summed E-state index contributed by atoms with van der Waals surface area (Å²) in [7, 11) is 0. The van der Waals surface area contributed by atoms with Crippen molar-refractivity contribution in [2.24, 2.45) is 5.73 Å². The van der Waals surface area contributed by atoms with E-state index in [9.17, 15) is 0 Å². The SMILES string of the molecule is N=C1C(N)=CC=C2C1=Cc1ccccc12. The van der Waals surface area contributed by atoms with Crippen LogP contribution in [0.25, 0.3) is 11.6 Å². The van der Waals surface area contributed by atoms with Crippen LogP contribution < -0.4 is 5.73 Å². The third-order valence-electron chi connectivity index (χ3n) is 2.83. The van der Waals surface area contributed by atoms with Gasteiger partial charge >= 0.3 is 0 Å². The summed E-state index contributed by atoms with van der Waals surface area (Å²) in [5, 5.41) is 7.90. The zero-order valence-corrected chi connectivity index (χ0v) is 8.12. The fourth-order valence-corrected chi connectivity index (χ4v) is 2.04. The van der Waals surface area contributed by atoms with Gasteiger partial charge in [-0.1, -0.05) is 30.3 Å². The molecule has 15 heavy (non-hydrogen) atoms. The minimum atomic E-state index is 0.434. The molecule has 1 aromatic rings. The minimum absolute atomic E-state index is 0.434. The van der Waals surface area contributed by atoms with Crippen LogP contribution in [-0.2, 0) is 0 Å². The summed E-state index contributed by atoms with van der Waals surface area (Å²) in [6.07, 6.45) is 5.82. The molecule has 72 valence electrons. The molecule has 0 saturated carbocycles. The summed E-state index contributed by atoms with van der Waals surface area (Å²) in [4.78, 5) is 0. The zero-order chi connectivity index (χ0) is 10.4. The van der Waals surface area contributed by atoms with Crippen LogP contribution >= 0.6 is 0 Å². The first-order chi connectivity index (χ1) is 7.27. The average Bonchev–Trinajstić information content (AvgIpc) is 2.63. The first-order valence-corrected chi connectivity index (χ1v) is 4.85. The van der Waals surface area contributed by atoms with Crippen molar-refractivity contribution in [3.05, 3.63) is 58.8 Å². The molecule has 0 atom stereocenters. The number of nitrogens with one attached hydrogen (secondary N) is 1. The summed E-state index contributed by atoms with van der Waals surface area (Å²) in [5.74, 6) is 0. The van der Waals surface area contributed by atoms with Crippen molar-refractivity contribution in [3.63, 3.8) is 0 Å². The van der Waals surface area contributed by atoms with Gasteiger partial charge in [0, 0.05) is 5.57 Å². The molecule has 0 amide bonds. The van der Waals surface area contributed by atoms with Crippen LogP contribution in [-0.4, -0.2) is 5.71 Å². The van der Waals surface area contributed by atoms with Gasteiger partial charge in [0.15, 0.2) is 0 Å². The third kappa shape index (κ3) is 1.02.